The molecule has 5 nitrogen and oxygen atoms in total. The third kappa shape index (κ3) is 6.36. The van der Waals surface area contributed by atoms with Crippen molar-refractivity contribution >= 4 is 21.8 Å². The number of benzene rings is 4. The quantitative estimate of drug-likeness (QED) is 0.119. The van der Waals surface area contributed by atoms with Gasteiger partial charge in [-0.05, 0) is 69.3 Å². The molecule has 0 aliphatic rings. The normalized spacial score (nSPS) is 11.9. The summed E-state index contributed by atoms with van der Waals surface area (Å²) in [5, 5.41) is 2.25. The maximum Gasteiger partial charge on any atom is 0.267 e. The Morgan fingerprint density at radius 1 is 0.792 bits per heavy atom. The number of pyridine rings is 1. The first-order chi connectivity index (χ1) is 22.6. The van der Waals surface area contributed by atoms with Crippen molar-refractivity contribution in [1.82, 2.24) is 14.1 Å². The number of para-hydroxylation sites is 1. The molecule has 7 rings (SSSR count). The van der Waals surface area contributed by atoms with Crippen LogP contribution in [0.15, 0.2) is 104 Å². The third-order valence-electron chi connectivity index (χ3n) is 8.81. The minimum atomic E-state index is 0. The van der Waals surface area contributed by atoms with Crippen LogP contribution in [0.3, 0.4) is 0 Å². The van der Waals surface area contributed by atoms with Crippen LogP contribution < -0.4 is 9.30 Å². The molecule has 0 saturated carbocycles. The van der Waals surface area contributed by atoms with Gasteiger partial charge in [-0.3, -0.25) is 4.57 Å². The van der Waals surface area contributed by atoms with Gasteiger partial charge in [0.15, 0.2) is 0 Å². The Balaban J connectivity index is 0.00000401. The van der Waals surface area contributed by atoms with Gasteiger partial charge in [0.2, 0.25) is 0 Å². The van der Waals surface area contributed by atoms with Gasteiger partial charge >= 0.3 is 0 Å². The maximum absolute atomic E-state index is 6.41. The largest absolute Gasteiger partial charge is 0.510 e. The molecule has 7 aromatic rings. The van der Waals surface area contributed by atoms with Crippen molar-refractivity contribution in [3.05, 3.63) is 139 Å². The summed E-state index contributed by atoms with van der Waals surface area (Å²) in [5.41, 5.74) is 7.85. The molecule has 4 aromatic carbocycles. The second-order valence-electron chi connectivity index (χ2n) is 13.9. The van der Waals surface area contributed by atoms with Crippen molar-refractivity contribution in [1.29, 1.82) is 0 Å². The van der Waals surface area contributed by atoms with Gasteiger partial charge in [0.25, 0.3) is 6.33 Å². The van der Waals surface area contributed by atoms with Crippen LogP contribution in [0.2, 0.25) is 0 Å². The van der Waals surface area contributed by atoms with Crippen LogP contribution in [-0.2, 0) is 26.5 Å². The van der Waals surface area contributed by atoms with E-state index in [1.54, 1.807) is 0 Å². The Morgan fingerprint density at radius 3 is 2.35 bits per heavy atom. The topological polar surface area (TPSA) is 35.9 Å². The van der Waals surface area contributed by atoms with E-state index in [0.29, 0.717) is 23.3 Å². The molecule has 0 saturated heterocycles. The van der Waals surface area contributed by atoms with Gasteiger partial charge in [-0.15, -0.1) is 29.7 Å². The molecule has 0 aliphatic carbocycles. The van der Waals surface area contributed by atoms with Crippen LogP contribution >= 0.6 is 0 Å². The number of hydrogen-bond acceptors (Lipinski definition) is 2. The van der Waals surface area contributed by atoms with Crippen molar-refractivity contribution in [3.8, 4) is 28.7 Å². The predicted molar refractivity (Wildman–Crippen MR) is 189 cm³/mol. The van der Waals surface area contributed by atoms with E-state index in [1.807, 2.05) is 47.4 Å². The van der Waals surface area contributed by atoms with Crippen LogP contribution in [-0.4, -0.2) is 14.1 Å². The molecule has 6 heteroatoms. The van der Waals surface area contributed by atoms with Crippen LogP contribution in [0.1, 0.15) is 77.0 Å². The Bertz CT molecular complexity index is 2240. The van der Waals surface area contributed by atoms with Gasteiger partial charge in [0.1, 0.15) is 5.82 Å². The molecule has 0 spiro atoms. The van der Waals surface area contributed by atoms with E-state index in [9.17, 15) is 0 Å². The summed E-state index contributed by atoms with van der Waals surface area (Å²) in [6, 6.07) is 36.4. The maximum atomic E-state index is 6.41. The molecule has 0 atom stereocenters. The van der Waals surface area contributed by atoms with Crippen molar-refractivity contribution in [2.75, 3.05) is 0 Å². The van der Waals surface area contributed by atoms with E-state index in [4.69, 9.17) is 9.72 Å². The van der Waals surface area contributed by atoms with Crippen LogP contribution in [0.5, 0.6) is 11.5 Å². The SMILES string of the molecule is CC(C)c1ccc(-[n+]2[c-]n(-c3[c-]c(Oc4[c-]c5c(cc4)c4ccccc4n5-c4cc(C(C)(C)C)ccn4)ccc3)cc2)c(C(C)C)c1.[Pt]. The summed E-state index contributed by atoms with van der Waals surface area (Å²) in [5.74, 6) is 2.95. The van der Waals surface area contributed by atoms with Crippen molar-refractivity contribution < 1.29 is 30.4 Å². The van der Waals surface area contributed by atoms with Gasteiger partial charge in [0.05, 0.1) is 5.69 Å². The third-order valence-corrected chi connectivity index (χ3v) is 8.81. The van der Waals surface area contributed by atoms with E-state index < -0.39 is 0 Å². The summed E-state index contributed by atoms with van der Waals surface area (Å²) in [7, 11) is 0. The molecule has 3 aromatic heterocycles. The fraction of sp³-hybridized carbons (Fsp3) is 0.238. The summed E-state index contributed by atoms with van der Waals surface area (Å²) < 4.78 is 12.6. The van der Waals surface area contributed by atoms with Crippen LogP contribution in [0.4, 0.5) is 0 Å². The van der Waals surface area contributed by atoms with Crippen molar-refractivity contribution in [3.63, 3.8) is 0 Å². The Labute approximate surface area is 298 Å². The average Bonchev–Trinajstić information content (AvgIpc) is 3.68. The number of imidazole rings is 1. The molecular formula is C42H40N4OPt-2. The van der Waals surface area contributed by atoms with Gasteiger partial charge in [0, 0.05) is 56.7 Å². The minimum Gasteiger partial charge on any atom is -0.510 e. The summed E-state index contributed by atoms with van der Waals surface area (Å²) in [6.07, 6.45) is 9.43. The summed E-state index contributed by atoms with van der Waals surface area (Å²) >= 11 is 0. The van der Waals surface area contributed by atoms with E-state index in [1.165, 1.54) is 16.7 Å². The van der Waals surface area contributed by atoms with Crippen LogP contribution in [0, 0.1) is 18.5 Å². The Kier molecular flexibility index (Phi) is 9.20. The second-order valence-corrected chi connectivity index (χ2v) is 13.9. The zero-order valence-corrected chi connectivity index (χ0v) is 30.8. The van der Waals surface area contributed by atoms with E-state index in [0.717, 1.165) is 39.0 Å². The number of ether oxygens (including phenoxy) is 1. The smallest absolute Gasteiger partial charge is 0.267 e. The van der Waals surface area contributed by atoms with Crippen LogP contribution in [0.25, 0.3) is 39.0 Å². The fourth-order valence-electron chi connectivity index (χ4n) is 6.13. The van der Waals surface area contributed by atoms with Crippen molar-refractivity contribution in [2.45, 2.75) is 65.7 Å². The Morgan fingerprint density at radius 2 is 1.58 bits per heavy atom. The number of nitrogens with zero attached hydrogens (tertiary/aromatic N) is 4. The molecule has 0 aliphatic heterocycles. The standard InChI is InChI=1S/C42H40N4O.Pt/c1-28(2)30-15-18-38(37(23-30)29(3)4)45-22-21-44(27-45)32-11-10-12-33(25-32)47-34-16-17-36-35-13-8-9-14-39(35)46(40(36)26-34)41-24-31(19-20-43-41)42(5,6)7;/h8-24,28-29H,1-7H3;/q-2;. The van der Waals surface area contributed by atoms with Crippen molar-refractivity contribution in [2.24, 2.45) is 0 Å². The first kappa shape index (κ1) is 33.4. The molecule has 0 amide bonds. The fourth-order valence-corrected chi connectivity index (χ4v) is 6.13. The van der Waals surface area contributed by atoms with Gasteiger partial charge in [-0.25, -0.2) is 4.98 Å². The summed E-state index contributed by atoms with van der Waals surface area (Å²) in [4.78, 5) is 4.79. The molecule has 48 heavy (non-hydrogen) atoms. The first-order valence-corrected chi connectivity index (χ1v) is 16.4. The zero-order chi connectivity index (χ0) is 32.9. The molecule has 3 heterocycles. The van der Waals surface area contributed by atoms with E-state index in [2.05, 4.69) is 137 Å². The average molecular weight is 812 g/mol. The minimum absolute atomic E-state index is 0. The van der Waals surface area contributed by atoms with Gasteiger partial charge in [-0.2, -0.15) is 18.2 Å². The monoisotopic (exact) mass is 811 g/mol. The molecule has 0 unspecified atom stereocenters. The molecule has 0 bridgehead atoms. The summed E-state index contributed by atoms with van der Waals surface area (Å²) in [6.45, 7) is 15.6. The number of aromatic nitrogens is 4. The number of fused-ring (bicyclic) bond motifs is 3. The zero-order valence-electron chi connectivity index (χ0n) is 28.5. The number of hydrogen-bond donors (Lipinski definition) is 0. The number of rotatable bonds is 7. The molecule has 0 N–H and O–H groups in total. The van der Waals surface area contributed by atoms with Gasteiger partial charge < -0.3 is 13.9 Å². The Hall–Kier alpha value is -4.47. The molecule has 0 fully saturated rings. The molecule has 0 radical (unpaired) electrons. The molecular weight excluding hydrogens is 772 g/mol. The molecule has 246 valence electrons. The first-order valence-electron chi connectivity index (χ1n) is 16.4. The van der Waals surface area contributed by atoms with E-state index in [-0.39, 0.29) is 26.5 Å². The second kappa shape index (κ2) is 13.2. The van der Waals surface area contributed by atoms with E-state index >= 15 is 0 Å². The van der Waals surface area contributed by atoms with Gasteiger partial charge in [-0.1, -0.05) is 84.3 Å². The predicted octanol–water partition coefficient (Wildman–Crippen LogP) is 9.98.